The van der Waals surface area contributed by atoms with Gasteiger partial charge in [-0.25, -0.2) is 9.18 Å². The lowest BCUT2D eigenvalue weighted by atomic mass is 9.96. The van der Waals surface area contributed by atoms with Gasteiger partial charge in [0.05, 0.1) is 6.61 Å². The van der Waals surface area contributed by atoms with Crippen molar-refractivity contribution >= 4 is 18.4 Å². The highest BCUT2D eigenvalue weighted by molar-refractivity contribution is 5.85. The van der Waals surface area contributed by atoms with Crippen LogP contribution in [0.2, 0.25) is 0 Å². The van der Waals surface area contributed by atoms with E-state index in [9.17, 15) is 9.18 Å². The maximum absolute atomic E-state index is 14.2. The molecule has 0 spiro atoms. The molecule has 17 heavy (non-hydrogen) atoms. The minimum atomic E-state index is -2.13. The Labute approximate surface area is 107 Å². The number of rotatable bonds is 5. The van der Waals surface area contributed by atoms with Gasteiger partial charge in [-0.1, -0.05) is 30.3 Å². The third-order valence-electron chi connectivity index (χ3n) is 2.29. The zero-order chi connectivity index (χ0) is 12.0. The van der Waals surface area contributed by atoms with E-state index in [0.29, 0.717) is 0 Å². The number of halogens is 2. The molecule has 0 aliphatic rings. The number of ether oxygens (including phenoxy) is 1. The van der Waals surface area contributed by atoms with E-state index in [1.54, 1.807) is 31.2 Å². The van der Waals surface area contributed by atoms with Crippen LogP contribution >= 0.6 is 12.4 Å². The Bertz CT molecular complexity index is 348. The van der Waals surface area contributed by atoms with Crippen molar-refractivity contribution in [3.8, 4) is 0 Å². The van der Waals surface area contributed by atoms with E-state index >= 15 is 0 Å². The van der Waals surface area contributed by atoms with Gasteiger partial charge in [0, 0.05) is 13.0 Å². The molecule has 96 valence electrons. The molecule has 5 heteroatoms. The van der Waals surface area contributed by atoms with Crippen LogP contribution in [0.15, 0.2) is 30.3 Å². The summed E-state index contributed by atoms with van der Waals surface area (Å²) in [4.78, 5) is 11.4. The Balaban J connectivity index is 0.00000256. The smallest absolute Gasteiger partial charge is 0.345 e. The number of nitrogens with two attached hydrogens (primary N) is 1. The molecule has 0 amide bonds. The minimum absolute atomic E-state index is 0. The second-order valence-electron chi connectivity index (χ2n) is 3.55. The first kappa shape index (κ1) is 15.9. The van der Waals surface area contributed by atoms with Crippen molar-refractivity contribution in [2.75, 3.05) is 13.2 Å². The molecule has 0 heterocycles. The number of carbonyl (C=O) groups excluding carboxylic acids is 1. The first-order valence-corrected chi connectivity index (χ1v) is 5.22. The van der Waals surface area contributed by atoms with Gasteiger partial charge in [0.15, 0.2) is 0 Å². The van der Waals surface area contributed by atoms with Gasteiger partial charge >= 0.3 is 5.97 Å². The fourth-order valence-corrected chi connectivity index (χ4v) is 1.41. The molecule has 0 fully saturated rings. The number of benzene rings is 1. The number of carbonyl (C=O) groups is 1. The van der Waals surface area contributed by atoms with Crippen LogP contribution in [0.5, 0.6) is 0 Å². The molecule has 0 aromatic heterocycles. The zero-order valence-corrected chi connectivity index (χ0v) is 10.5. The molecule has 3 nitrogen and oxygen atoms in total. The quantitative estimate of drug-likeness (QED) is 0.824. The molecule has 0 saturated heterocycles. The van der Waals surface area contributed by atoms with Gasteiger partial charge in [-0.2, -0.15) is 0 Å². The summed E-state index contributed by atoms with van der Waals surface area (Å²) in [6.45, 7) is 1.41. The predicted molar refractivity (Wildman–Crippen MR) is 66.9 cm³/mol. The van der Waals surface area contributed by atoms with Crippen LogP contribution in [0.1, 0.15) is 12.5 Å². The summed E-state index contributed by atoms with van der Waals surface area (Å²) < 4.78 is 18.9. The first-order valence-electron chi connectivity index (χ1n) is 5.22. The van der Waals surface area contributed by atoms with Crippen LogP contribution in [0, 0.1) is 0 Å². The second-order valence-corrected chi connectivity index (χ2v) is 3.55. The van der Waals surface area contributed by atoms with Gasteiger partial charge in [-0.05, 0) is 12.5 Å². The normalized spacial score (nSPS) is 13.4. The van der Waals surface area contributed by atoms with Crippen molar-refractivity contribution in [3.63, 3.8) is 0 Å². The van der Waals surface area contributed by atoms with Crippen LogP contribution in [-0.2, 0) is 16.0 Å². The van der Waals surface area contributed by atoms with Gasteiger partial charge in [-0.3, -0.25) is 0 Å². The molecular formula is C12H17ClFNO2. The SMILES string of the molecule is CCOC(=O)C(F)(CN)Cc1ccccc1.Cl. The van der Waals surface area contributed by atoms with Crippen molar-refractivity contribution < 1.29 is 13.9 Å². The van der Waals surface area contributed by atoms with Crippen LogP contribution < -0.4 is 5.73 Å². The molecule has 0 aliphatic carbocycles. The second kappa shape index (κ2) is 7.25. The molecule has 1 aromatic carbocycles. The van der Waals surface area contributed by atoms with E-state index in [4.69, 9.17) is 5.73 Å². The lowest BCUT2D eigenvalue weighted by Gasteiger charge is -2.21. The third kappa shape index (κ3) is 4.32. The largest absolute Gasteiger partial charge is 0.464 e. The van der Waals surface area contributed by atoms with Crippen molar-refractivity contribution in [3.05, 3.63) is 35.9 Å². The Morgan fingerprint density at radius 2 is 2.00 bits per heavy atom. The standard InChI is InChI=1S/C12H16FNO2.ClH/c1-2-16-11(15)12(13,9-14)8-10-6-4-3-5-7-10;/h3-7H,2,8-9,14H2,1H3;1H. The van der Waals surface area contributed by atoms with Gasteiger partial charge in [0.25, 0.3) is 0 Å². The van der Waals surface area contributed by atoms with Crippen molar-refractivity contribution in [1.82, 2.24) is 0 Å². The molecule has 0 radical (unpaired) electrons. The molecule has 1 aromatic rings. The van der Waals surface area contributed by atoms with E-state index < -0.39 is 11.6 Å². The van der Waals surface area contributed by atoms with Gasteiger partial charge < -0.3 is 10.5 Å². The third-order valence-corrected chi connectivity index (χ3v) is 2.29. The van der Waals surface area contributed by atoms with Crippen molar-refractivity contribution in [2.24, 2.45) is 5.73 Å². The Hall–Kier alpha value is -1.13. The number of esters is 1. The molecule has 1 rings (SSSR count). The minimum Gasteiger partial charge on any atom is -0.464 e. The average Bonchev–Trinajstić information content (AvgIpc) is 2.30. The van der Waals surface area contributed by atoms with Crippen LogP contribution in [0.4, 0.5) is 4.39 Å². The fraction of sp³-hybridized carbons (Fsp3) is 0.417. The molecule has 2 N–H and O–H groups in total. The summed E-state index contributed by atoms with van der Waals surface area (Å²) in [6.07, 6.45) is -0.0524. The highest BCUT2D eigenvalue weighted by Crippen LogP contribution is 2.19. The van der Waals surface area contributed by atoms with Crippen molar-refractivity contribution in [1.29, 1.82) is 0 Å². The van der Waals surface area contributed by atoms with E-state index in [1.165, 1.54) is 0 Å². The molecule has 0 saturated carbocycles. The van der Waals surface area contributed by atoms with E-state index in [-0.39, 0.29) is 32.0 Å². The van der Waals surface area contributed by atoms with Crippen LogP contribution in [-0.4, -0.2) is 24.8 Å². The maximum Gasteiger partial charge on any atom is 0.345 e. The van der Waals surface area contributed by atoms with E-state index in [2.05, 4.69) is 4.74 Å². The predicted octanol–water partition coefficient (Wildman–Crippen LogP) is 1.88. The fourth-order valence-electron chi connectivity index (χ4n) is 1.41. The lowest BCUT2D eigenvalue weighted by Crippen LogP contribution is -2.44. The molecular weight excluding hydrogens is 245 g/mol. The highest BCUT2D eigenvalue weighted by Gasteiger charge is 2.38. The monoisotopic (exact) mass is 261 g/mol. The Morgan fingerprint density at radius 3 is 2.47 bits per heavy atom. The summed E-state index contributed by atoms with van der Waals surface area (Å²) in [6, 6.07) is 8.91. The highest BCUT2D eigenvalue weighted by atomic mass is 35.5. The number of hydrogen-bond donors (Lipinski definition) is 1. The van der Waals surface area contributed by atoms with E-state index in [1.807, 2.05) is 6.07 Å². The van der Waals surface area contributed by atoms with Gasteiger partial charge in [0.1, 0.15) is 0 Å². The molecule has 1 atom stereocenters. The van der Waals surface area contributed by atoms with E-state index in [0.717, 1.165) is 5.56 Å². The van der Waals surface area contributed by atoms with Gasteiger partial charge in [0.2, 0.25) is 5.67 Å². The Kier molecular flexibility index (Phi) is 6.76. The summed E-state index contributed by atoms with van der Waals surface area (Å²) in [5, 5.41) is 0. The lowest BCUT2D eigenvalue weighted by molar-refractivity contribution is -0.156. The molecule has 0 bridgehead atoms. The van der Waals surface area contributed by atoms with Crippen molar-refractivity contribution in [2.45, 2.75) is 19.0 Å². The zero-order valence-electron chi connectivity index (χ0n) is 9.69. The topological polar surface area (TPSA) is 52.3 Å². The summed E-state index contributed by atoms with van der Waals surface area (Å²) >= 11 is 0. The molecule has 0 aliphatic heterocycles. The van der Waals surface area contributed by atoms with Gasteiger partial charge in [-0.15, -0.1) is 12.4 Å². The summed E-state index contributed by atoms with van der Waals surface area (Å²) in [7, 11) is 0. The first-order chi connectivity index (χ1) is 7.62. The van der Waals surface area contributed by atoms with Crippen LogP contribution in [0.3, 0.4) is 0 Å². The number of alkyl halides is 1. The Morgan fingerprint density at radius 1 is 1.41 bits per heavy atom. The molecule has 1 unspecified atom stereocenters. The average molecular weight is 262 g/mol. The van der Waals surface area contributed by atoms with Crippen LogP contribution in [0.25, 0.3) is 0 Å². The summed E-state index contributed by atoms with van der Waals surface area (Å²) in [5.41, 5.74) is 3.91. The number of hydrogen-bond acceptors (Lipinski definition) is 3. The summed E-state index contributed by atoms with van der Waals surface area (Å²) in [5.74, 6) is -0.888. The maximum atomic E-state index is 14.2.